The highest BCUT2D eigenvalue weighted by Crippen LogP contribution is 2.42. The van der Waals surface area contributed by atoms with Gasteiger partial charge in [0.2, 0.25) is 5.95 Å². The van der Waals surface area contributed by atoms with Crippen LogP contribution in [-0.4, -0.2) is 28.6 Å². The second-order valence-corrected chi connectivity index (χ2v) is 11.7. The highest BCUT2D eigenvalue weighted by Gasteiger charge is 2.38. The Balaban J connectivity index is 1.39. The zero-order chi connectivity index (χ0) is 23.4. The molecule has 33 heavy (non-hydrogen) atoms. The summed E-state index contributed by atoms with van der Waals surface area (Å²) < 4.78 is 0. The van der Waals surface area contributed by atoms with E-state index in [0.29, 0.717) is 53.1 Å². The first-order chi connectivity index (χ1) is 15.9. The molecule has 4 rings (SSSR count). The smallest absolute Gasteiger partial charge is 0.224 e. The van der Waals surface area contributed by atoms with Crippen molar-refractivity contribution in [3.8, 4) is 6.07 Å². The first-order valence-corrected chi connectivity index (χ1v) is 13.5. The van der Waals surface area contributed by atoms with Crippen molar-refractivity contribution in [2.75, 3.05) is 17.2 Å². The Morgan fingerprint density at radius 3 is 2.61 bits per heavy atom. The lowest BCUT2D eigenvalue weighted by Crippen LogP contribution is -2.47. The molecule has 1 heterocycles. The van der Waals surface area contributed by atoms with E-state index < -0.39 is 0 Å². The maximum Gasteiger partial charge on any atom is 0.224 e. The van der Waals surface area contributed by atoms with E-state index in [1.165, 1.54) is 64.2 Å². The molecule has 3 aliphatic rings. The van der Waals surface area contributed by atoms with Gasteiger partial charge in [0.1, 0.15) is 17.5 Å². The number of anilines is 2. The highest BCUT2D eigenvalue weighted by molar-refractivity contribution is 5.53. The van der Waals surface area contributed by atoms with Crippen molar-refractivity contribution in [3.05, 3.63) is 11.8 Å². The SMILES string of the molecule is CC(C)CCC1CC(C)CCC1Nc1ncc(C#N)c(NCC2C[C@H]3CCC[C@@H](C2)C3N)n1. The summed E-state index contributed by atoms with van der Waals surface area (Å²) in [5.41, 5.74) is 7.00. The lowest BCUT2D eigenvalue weighted by molar-refractivity contribution is 0.112. The Labute approximate surface area is 200 Å². The van der Waals surface area contributed by atoms with Gasteiger partial charge in [0, 0.05) is 18.6 Å². The minimum atomic E-state index is 0.390. The molecule has 4 N–H and O–H groups in total. The van der Waals surface area contributed by atoms with E-state index in [-0.39, 0.29) is 0 Å². The van der Waals surface area contributed by atoms with Crippen molar-refractivity contribution in [1.82, 2.24) is 9.97 Å². The van der Waals surface area contributed by atoms with Gasteiger partial charge in [-0.25, -0.2) is 4.98 Å². The number of rotatable bonds is 8. The summed E-state index contributed by atoms with van der Waals surface area (Å²) in [6.45, 7) is 7.86. The predicted molar refractivity (Wildman–Crippen MR) is 135 cm³/mol. The molecule has 3 fully saturated rings. The molecule has 1 aromatic rings. The van der Waals surface area contributed by atoms with Crippen molar-refractivity contribution >= 4 is 11.8 Å². The number of nitriles is 1. The van der Waals surface area contributed by atoms with E-state index in [4.69, 9.17) is 10.7 Å². The van der Waals surface area contributed by atoms with Crippen LogP contribution in [0.3, 0.4) is 0 Å². The van der Waals surface area contributed by atoms with Gasteiger partial charge in [-0.05, 0) is 86.9 Å². The van der Waals surface area contributed by atoms with Crippen LogP contribution in [0.2, 0.25) is 0 Å². The Kier molecular flexibility index (Phi) is 8.11. The van der Waals surface area contributed by atoms with E-state index in [0.717, 1.165) is 18.4 Å². The van der Waals surface area contributed by atoms with Crippen LogP contribution in [-0.2, 0) is 0 Å². The molecular formula is C27H44N6. The minimum absolute atomic E-state index is 0.390. The van der Waals surface area contributed by atoms with Crippen LogP contribution in [0.4, 0.5) is 11.8 Å². The fourth-order valence-corrected chi connectivity index (χ4v) is 6.71. The molecule has 6 heteroatoms. The lowest BCUT2D eigenvalue weighted by atomic mass is 9.65. The van der Waals surface area contributed by atoms with Crippen LogP contribution in [0.25, 0.3) is 0 Å². The fraction of sp³-hybridized carbons (Fsp3) is 0.815. The highest BCUT2D eigenvalue weighted by atomic mass is 15.2. The lowest BCUT2D eigenvalue weighted by Gasteiger charge is -2.44. The van der Waals surface area contributed by atoms with Crippen LogP contribution in [0, 0.1) is 46.8 Å². The molecule has 7 atom stereocenters. The number of fused-ring (bicyclic) bond motifs is 2. The molecule has 0 saturated heterocycles. The van der Waals surface area contributed by atoms with Gasteiger partial charge in [-0.15, -0.1) is 0 Å². The monoisotopic (exact) mass is 452 g/mol. The van der Waals surface area contributed by atoms with Gasteiger partial charge in [-0.3, -0.25) is 0 Å². The first-order valence-electron chi connectivity index (χ1n) is 13.5. The summed E-state index contributed by atoms with van der Waals surface area (Å²) in [7, 11) is 0. The molecule has 6 nitrogen and oxygen atoms in total. The fourth-order valence-electron chi connectivity index (χ4n) is 6.71. The second kappa shape index (κ2) is 11.0. The topological polar surface area (TPSA) is 99.7 Å². The Morgan fingerprint density at radius 1 is 1.15 bits per heavy atom. The minimum Gasteiger partial charge on any atom is -0.369 e. The number of nitrogens with zero attached hydrogens (tertiary/aromatic N) is 3. The number of hydrogen-bond donors (Lipinski definition) is 3. The summed E-state index contributed by atoms with van der Waals surface area (Å²) in [5.74, 6) is 5.47. The molecular weight excluding hydrogens is 408 g/mol. The average Bonchev–Trinajstić information content (AvgIpc) is 2.78. The molecule has 0 spiro atoms. The Bertz CT molecular complexity index is 803. The predicted octanol–water partition coefficient (Wildman–Crippen LogP) is 5.57. The maximum absolute atomic E-state index is 9.62. The second-order valence-electron chi connectivity index (χ2n) is 11.7. The summed E-state index contributed by atoms with van der Waals surface area (Å²) >= 11 is 0. The molecule has 1 aromatic heterocycles. The molecule has 0 radical (unpaired) electrons. The van der Waals surface area contributed by atoms with Crippen LogP contribution >= 0.6 is 0 Å². The van der Waals surface area contributed by atoms with Crippen molar-refractivity contribution < 1.29 is 0 Å². The van der Waals surface area contributed by atoms with Gasteiger partial charge < -0.3 is 16.4 Å². The van der Waals surface area contributed by atoms with Crippen molar-refractivity contribution in [3.63, 3.8) is 0 Å². The van der Waals surface area contributed by atoms with Gasteiger partial charge in [-0.1, -0.05) is 33.6 Å². The summed E-state index contributed by atoms with van der Waals surface area (Å²) in [4.78, 5) is 9.28. The number of aromatic nitrogens is 2. The molecule has 3 aliphatic carbocycles. The van der Waals surface area contributed by atoms with Crippen molar-refractivity contribution in [2.45, 2.75) is 97.1 Å². The zero-order valence-electron chi connectivity index (χ0n) is 20.9. The third kappa shape index (κ3) is 6.18. The standard InChI is InChI=1S/C27H44N6/c1-17(2)7-9-20-11-18(3)8-10-24(20)32-27-31-16-23(14-28)26(33-27)30-15-19-12-21-5-4-6-22(13-19)25(21)29/h16-22,24-25H,4-13,15,29H2,1-3H3,(H2,30,31,32,33)/t18?,19?,20?,21-,22+,24?,25?. The first kappa shape index (κ1) is 24.3. The molecule has 0 aliphatic heterocycles. The van der Waals surface area contributed by atoms with Gasteiger partial charge in [0.25, 0.3) is 0 Å². The summed E-state index contributed by atoms with van der Waals surface area (Å²) in [6, 6.07) is 3.08. The molecule has 2 bridgehead atoms. The van der Waals surface area contributed by atoms with E-state index >= 15 is 0 Å². The summed E-state index contributed by atoms with van der Waals surface area (Å²) in [6.07, 6.45) is 14.2. The van der Waals surface area contributed by atoms with E-state index in [9.17, 15) is 5.26 Å². The Hall–Kier alpha value is -1.87. The molecule has 5 unspecified atom stereocenters. The van der Waals surface area contributed by atoms with Gasteiger partial charge >= 0.3 is 0 Å². The van der Waals surface area contributed by atoms with Crippen LogP contribution in [0.15, 0.2) is 6.20 Å². The van der Waals surface area contributed by atoms with Crippen LogP contribution < -0.4 is 16.4 Å². The number of hydrogen-bond acceptors (Lipinski definition) is 6. The normalized spacial score (nSPS) is 34.0. The molecule has 0 amide bonds. The largest absolute Gasteiger partial charge is 0.369 e. The van der Waals surface area contributed by atoms with E-state index in [1.54, 1.807) is 6.20 Å². The zero-order valence-corrected chi connectivity index (χ0v) is 20.9. The Morgan fingerprint density at radius 2 is 1.91 bits per heavy atom. The molecule has 0 aromatic carbocycles. The van der Waals surface area contributed by atoms with Crippen LogP contribution in [0.1, 0.15) is 90.5 Å². The van der Waals surface area contributed by atoms with Crippen molar-refractivity contribution in [1.29, 1.82) is 5.26 Å². The quantitative estimate of drug-likeness (QED) is 0.477. The van der Waals surface area contributed by atoms with Gasteiger partial charge in [0.15, 0.2) is 0 Å². The molecule has 3 saturated carbocycles. The number of nitrogens with one attached hydrogen (secondary N) is 2. The van der Waals surface area contributed by atoms with E-state index in [2.05, 4.69) is 42.5 Å². The van der Waals surface area contributed by atoms with Gasteiger partial charge in [-0.2, -0.15) is 10.2 Å². The third-order valence-electron chi connectivity index (χ3n) is 8.65. The average molecular weight is 453 g/mol. The molecule has 182 valence electrons. The third-order valence-corrected chi connectivity index (χ3v) is 8.65. The summed E-state index contributed by atoms with van der Waals surface area (Å²) in [5, 5.41) is 16.8. The van der Waals surface area contributed by atoms with Crippen molar-refractivity contribution in [2.24, 2.45) is 41.2 Å². The van der Waals surface area contributed by atoms with Gasteiger partial charge in [0.05, 0.1) is 6.20 Å². The number of nitrogens with two attached hydrogens (primary N) is 1. The van der Waals surface area contributed by atoms with Crippen LogP contribution in [0.5, 0.6) is 0 Å². The van der Waals surface area contributed by atoms with E-state index in [1.807, 2.05) is 0 Å². The maximum atomic E-state index is 9.62.